The Balaban J connectivity index is 2.14. The number of benzene rings is 1. The monoisotopic (exact) mass is 507 g/mol. The topological polar surface area (TPSA) is 192 Å². The fraction of sp³-hybridized carbons (Fsp3) is 0.409. The van der Waals surface area contributed by atoms with Crippen LogP contribution in [0, 0.1) is 0 Å². The first-order valence-electron chi connectivity index (χ1n) is 10.8. The number of carbonyl (C=O) groups excluding carboxylic acids is 2. The molecule has 1 heterocycles. The van der Waals surface area contributed by atoms with Gasteiger partial charge in [0.25, 0.3) is 5.91 Å². The molecule has 14 heteroatoms. The minimum absolute atomic E-state index is 0.0861. The number of carbonyl (C=O) groups is 5. The van der Waals surface area contributed by atoms with Crippen LogP contribution >= 0.6 is 0 Å². The van der Waals surface area contributed by atoms with Gasteiger partial charge >= 0.3 is 17.9 Å². The van der Waals surface area contributed by atoms with Crippen molar-refractivity contribution in [3.63, 3.8) is 0 Å². The van der Waals surface area contributed by atoms with Crippen LogP contribution in [0.4, 0.5) is 4.39 Å². The minimum Gasteiger partial charge on any atom is -0.481 e. The zero-order chi connectivity index (χ0) is 26.8. The molecule has 0 fully saturated rings. The highest BCUT2D eigenvalue weighted by atomic mass is 19.1. The summed E-state index contributed by atoms with van der Waals surface area (Å²) in [6.07, 6.45) is 0.601. The molecule has 2 rings (SSSR count). The zero-order valence-corrected chi connectivity index (χ0v) is 19.3. The van der Waals surface area contributed by atoms with Crippen LogP contribution in [0.25, 0.3) is 5.69 Å². The Morgan fingerprint density at radius 1 is 1.08 bits per heavy atom. The number of amides is 2. The normalized spacial score (nSPS) is 12.4. The van der Waals surface area contributed by atoms with E-state index < -0.39 is 67.7 Å². The highest BCUT2D eigenvalue weighted by Gasteiger charge is 2.33. The van der Waals surface area contributed by atoms with E-state index in [4.69, 9.17) is 5.11 Å². The van der Waals surface area contributed by atoms with Gasteiger partial charge in [0.2, 0.25) is 5.91 Å². The molecule has 0 saturated heterocycles. The molecule has 13 nitrogen and oxygen atoms in total. The number of carboxylic acids is 3. The van der Waals surface area contributed by atoms with Gasteiger partial charge in [-0.3, -0.25) is 23.6 Å². The number of aliphatic carboxylic acids is 3. The van der Waals surface area contributed by atoms with Crippen molar-refractivity contribution in [3.8, 4) is 5.69 Å². The third-order valence-electron chi connectivity index (χ3n) is 5.22. The Kier molecular flexibility index (Phi) is 10.0. The Hall–Kier alpha value is -4.36. The largest absolute Gasteiger partial charge is 0.481 e. The van der Waals surface area contributed by atoms with Gasteiger partial charge in [0.15, 0.2) is 0 Å². The molecular weight excluding hydrogens is 481 g/mol. The van der Waals surface area contributed by atoms with Gasteiger partial charge in [0.1, 0.15) is 12.1 Å². The maximum atomic E-state index is 12.8. The third-order valence-corrected chi connectivity index (χ3v) is 5.22. The van der Waals surface area contributed by atoms with Crippen LogP contribution < -0.4 is 5.32 Å². The van der Waals surface area contributed by atoms with Crippen molar-refractivity contribution in [3.05, 3.63) is 41.7 Å². The molecule has 2 aromatic rings. The van der Waals surface area contributed by atoms with Gasteiger partial charge in [-0.1, -0.05) is 5.21 Å². The molecule has 0 aliphatic heterocycles. The smallest absolute Gasteiger partial charge is 0.326 e. The molecular formula is C22H26FN5O8. The number of aryl methyl sites for hydroxylation is 1. The Morgan fingerprint density at radius 3 is 2.31 bits per heavy atom. The standard InChI is InChI=1S/C22H26FN5O8/c1-27(17(22(35)36)8-9-18(29)30)21(34)16(11-19(31)32)24-20(33)13-4-6-15(7-5-13)28-12-14(25-26-28)3-2-10-23/h4-7,12,16-17H,2-3,8-11H2,1H3,(H,24,33)(H,29,30)(H,31,32)(H,35,36). The summed E-state index contributed by atoms with van der Waals surface area (Å²) in [5, 5.41) is 37.5. The van der Waals surface area contributed by atoms with Gasteiger partial charge < -0.3 is 25.5 Å². The number of nitrogens with zero attached hydrogens (tertiary/aromatic N) is 4. The summed E-state index contributed by atoms with van der Waals surface area (Å²) in [4.78, 5) is 59.9. The highest BCUT2D eigenvalue weighted by molar-refractivity contribution is 5.99. The van der Waals surface area contributed by atoms with Gasteiger partial charge in [-0.15, -0.1) is 5.10 Å². The fourth-order valence-electron chi connectivity index (χ4n) is 3.31. The van der Waals surface area contributed by atoms with Crippen molar-refractivity contribution in [2.75, 3.05) is 13.7 Å². The Morgan fingerprint density at radius 2 is 1.75 bits per heavy atom. The van der Waals surface area contributed by atoms with Crippen LogP contribution in [0.15, 0.2) is 30.5 Å². The second-order valence-electron chi connectivity index (χ2n) is 7.85. The molecule has 2 amide bonds. The van der Waals surface area contributed by atoms with E-state index in [2.05, 4.69) is 15.6 Å². The molecule has 2 unspecified atom stereocenters. The summed E-state index contributed by atoms with van der Waals surface area (Å²) in [6, 6.07) is 2.77. The van der Waals surface area contributed by atoms with Crippen LogP contribution in [0.3, 0.4) is 0 Å². The number of alkyl halides is 1. The number of hydrogen-bond acceptors (Lipinski definition) is 7. The van der Waals surface area contributed by atoms with E-state index in [1.807, 2.05) is 0 Å². The Labute approximate surface area is 204 Å². The highest BCUT2D eigenvalue weighted by Crippen LogP contribution is 2.13. The van der Waals surface area contributed by atoms with E-state index in [0.717, 1.165) is 7.05 Å². The first kappa shape index (κ1) is 27.9. The second-order valence-corrected chi connectivity index (χ2v) is 7.85. The van der Waals surface area contributed by atoms with E-state index in [0.29, 0.717) is 29.1 Å². The van der Waals surface area contributed by atoms with Gasteiger partial charge in [-0.2, -0.15) is 0 Å². The number of halogens is 1. The first-order valence-corrected chi connectivity index (χ1v) is 10.8. The third kappa shape index (κ3) is 7.85. The van der Waals surface area contributed by atoms with Crippen molar-refractivity contribution < 1.29 is 43.7 Å². The van der Waals surface area contributed by atoms with Crippen LogP contribution in [0.2, 0.25) is 0 Å². The van der Waals surface area contributed by atoms with Crippen LogP contribution in [0.1, 0.15) is 41.7 Å². The van der Waals surface area contributed by atoms with Crippen molar-refractivity contribution >= 4 is 29.7 Å². The maximum Gasteiger partial charge on any atom is 0.326 e. The molecule has 0 spiro atoms. The van der Waals surface area contributed by atoms with E-state index in [-0.39, 0.29) is 5.56 Å². The van der Waals surface area contributed by atoms with Crippen LogP contribution in [-0.2, 0) is 25.6 Å². The molecule has 194 valence electrons. The summed E-state index contributed by atoms with van der Waals surface area (Å²) < 4.78 is 13.8. The van der Waals surface area contributed by atoms with E-state index in [9.17, 15) is 38.6 Å². The van der Waals surface area contributed by atoms with Gasteiger partial charge in [0, 0.05) is 19.0 Å². The summed E-state index contributed by atoms with van der Waals surface area (Å²) in [6.45, 7) is -0.475. The molecule has 0 aliphatic rings. The summed E-state index contributed by atoms with van der Waals surface area (Å²) in [5.41, 5.74) is 1.23. The van der Waals surface area contributed by atoms with Crippen molar-refractivity contribution in [2.24, 2.45) is 0 Å². The quantitative estimate of drug-likeness (QED) is 0.280. The molecule has 1 aromatic carbocycles. The molecule has 0 bridgehead atoms. The predicted molar refractivity (Wildman–Crippen MR) is 120 cm³/mol. The van der Waals surface area contributed by atoms with Crippen molar-refractivity contribution in [2.45, 2.75) is 44.2 Å². The molecule has 2 atom stereocenters. The van der Waals surface area contributed by atoms with Crippen molar-refractivity contribution in [1.29, 1.82) is 0 Å². The number of likely N-dealkylation sites (N-methyl/N-ethyl adjacent to an activating group) is 1. The lowest BCUT2D eigenvalue weighted by Crippen LogP contribution is -2.53. The van der Waals surface area contributed by atoms with Crippen LogP contribution in [0.5, 0.6) is 0 Å². The fourth-order valence-corrected chi connectivity index (χ4v) is 3.31. The number of hydrogen-bond donors (Lipinski definition) is 4. The van der Waals surface area contributed by atoms with Crippen LogP contribution in [-0.4, -0.2) is 90.7 Å². The van der Waals surface area contributed by atoms with E-state index in [1.165, 1.54) is 28.9 Å². The lowest BCUT2D eigenvalue weighted by molar-refractivity contribution is -0.151. The SMILES string of the molecule is CN(C(=O)C(CC(=O)O)NC(=O)c1ccc(-n2cc(CCCF)nn2)cc1)C(CCC(=O)O)C(=O)O. The lowest BCUT2D eigenvalue weighted by Gasteiger charge is -2.28. The number of nitrogens with one attached hydrogen (secondary N) is 1. The average molecular weight is 507 g/mol. The van der Waals surface area contributed by atoms with Gasteiger partial charge in [-0.25, -0.2) is 9.48 Å². The van der Waals surface area contributed by atoms with Crippen molar-refractivity contribution in [1.82, 2.24) is 25.2 Å². The minimum atomic E-state index is -1.60. The molecule has 36 heavy (non-hydrogen) atoms. The average Bonchev–Trinajstić information content (AvgIpc) is 3.30. The maximum absolute atomic E-state index is 12.8. The predicted octanol–water partition coefficient (Wildman–Crippen LogP) is 0.519. The summed E-state index contributed by atoms with van der Waals surface area (Å²) >= 11 is 0. The molecule has 1 aromatic heterocycles. The number of aromatic nitrogens is 3. The summed E-state index contributed by atoms with van der Waals surface area (Å²) in [7, 11) is 1.10. The first-order chi connectivity index (χ1) is 17.0. The molecule has 0 radical (unpaired) electrons. The van der Waals surface area contributed by atoms with E-state index in [1.54, 1.807) is 6.20 Å². The molecule has 0 saturated carbocycles. The molecule has 4 N–H and O–H groups in total. The van der Waals surface area contributed by atoms with E-state index >= 15 is 0 Å². The number of carboxylic acid groups (broad SMARTS) is 3. The summed E-state index contributed by atoms with van der Waals surface area (Å²) in [5.74, 6) is -5.92. The lowest BCUT2D eigenvalue weighted by atomic mass is 10.1. The zero-order valence-electron chi connectivity index (χ0n) is 19.3. The second kappa shape index (κ2) is 12.9. The Bertz CT molecular complexity index is 1100. The number of rotatable bonds is 14. The molecule has 0 aliphatic carbocycles. The van der Waals surface area contributed by atoms with Gasteiger partial charge in [0.05, 0.1) is 30.7 Å². The van der Waals surface area contributed by atoms with Gasteiger partial charge in [-0.05, 0) is 43.5 Å².